The first-order valence-electron chi connectivity index (χ1n) is 4.45. The Hall–Kier alpha value is -0.460. The molecule has 0 fully saturated rings. The van der Waals surface area contributed by atoms with Gasteiger partial charge in [-0.1, -0.05) is 15.9 Å². The summed E-state index contributed by atoms with van der Waals surface area (Å²) in [4.78, 5) is 15.8. The molecule has 0 bridgehead atoms. The molecule has 0 aromatic carbocycles. The maximum atomic E-state index is 11.7. The molecule has 0 spiro atoms. The summed E-state index contributed by atoms with van der Waals surface area (Å²) in [6.45, 7) is 2.36. The number of hydrogen-bond acceptors (Lipinski definition) is 4. The third kappa shape index (κ3) is 3.89. The summed E-state index contributed by atoms with van der Waals surface area (Å²) in [6.07, 6.45) is 0. The van der Waals surface area contributed by atoms with E-state index >= 15 is 0 Å². The average Bonchev–Trinajstić information content (AvgIpc) is 2.64. The predicted octanol–water partition coefficient (Wildman–Crippen LogP) is 1.59. The van der Waals surface area contributed by atoms with Gasteiger partial charge in [0.25, 0.3) is 5.91 Å². The minimum absolute atomic E-state index is 0.0236. The van der Waals surface area contributed by atoms with Crippen LogP contribution in [0.3, 0.4) is 0 Å². The number of rotatable bonds is 5. The molecular weight excluding hydrogens is 280 g/mol. The third-order valence-corrected chi connectivity index (χ3v) is 3.30. The van der Waals surface area contributed by atoms with Crippen LogP contribution in [0.4, 0.5) is 0 Å². The molecule has 1 N–H and O–H groups in total. The Balaban J connectivity index is 2.54. The normalized spacial score (nSPS) is 12.5. The van der Waals surface area contributed by atoms with Gasteiger partial charge in [-0.15, -0.1) is 11.3 Å². The number of amides is 1. The first kappa shape index (κ1) is 12.6. The highest BCUT2D eigenvalue weighted by atomic mass is 79.9. The van der Waals surface area contributed by atoms with Gasteiger partial charge < -0.3 is 10.1 Å². The average molecular weight is 293 g/mol. The third-order valence-electron chi connectivity index (χ3n) is 1.74. The van der Waals surface area contributed by atoms with Crippen LogP contribution in [0.5, 0.6) is 0 Å². The summed E-state index contributed by atoms with van der Waals surface area (Å²) in [5, 5.41) is 6.14. The van der Waals surface area contributed by atoms with Gasteiger partial charge in [0, 0.05) is 17.8 Å². The number of nitrogens with zero attached hydrogens (tertiary/aromatic N) is 1. The molecule has 0 radical (unpaired) electrons. The minimum atomic E-state index is -0.152. The molecule has 0 aliphatic heterocycles. The Morgan fingerprint density at radius 3 is 3.00 bits per heavy atom. The standard InChI is InChI=1S/C9H13BrN2O2S/c1-6-11-8(5-15-6)9(13)12-7(3-10)4-14-2/h5,7H,3-4H2,1-2H3,(H,12,13). The molecule has 0 saturated heterocycles. The Labute approximate surface area is 101 Å². The second-order valence-electron chi connectivity index (χ2n) is 3.03. The highest BCUT2D eigenvalue weighted by Gasteiger charge is 2.14. The maximum absolute atomic E-state index is 11.7. The van der Waals surface area contributed by atoms with Crippen molar-refractivity contribution in [2.24, 2.45) is 0 Å². The highest BCUT2D eigenvalue weighted by molar-refractivity contribution is 9.09. The summed E-state index contributed by atoms with van der Waals surface area (Å²) < 4.78 is 4.97. The van der Waals surface area contributed by atoms with Crippen molar-refractivity contribution in [3.8, 4) is 0 Å². The van der Waals surface area contributed by atoms with Crippen molar-refractivity contribution in [2.45, 2.75) is 13.0 Å². The largest absolute Gasteiger partial charge is 0.383 e. The monoisotopic (exact) mass is 292 g/mol. The Morgan fingerprint density at radius 1 is 1.80 bits per heavy atom. The van der Waals surface area contributed by atoms with E-state index in [1.54, 1.807) is 12.5 Å². The number of aryl methyl sites for hydroxylation is 1. The van der Waals surface area contributed by atoms with E-state index in [2.05, 4.69) is 26.2 Å². The zero-order chi connectivity index (χ0) is 11.3. The molecule has 1 rings (SSSR count). The zero-order valence-corrected chi connectivity index (χ0v) is 11.0. The number of ether oxygens (including phenoxy) is 1. The molecule has 0 aliphatic rings. The van der Waals surface area contributed by atoms with E-state index in [1.807, 2.05) is 6.92 Å². The molecule has 1 aromatic heterocycles. The Bertz CT molecular complexity index is 330. The first-order chi connectivity index (χ1) is 7.17. The number of carbonyl (C=O) groups excluding carboxylic acids is 1. The quantitative estimate of drug-likeness (QED) is 0.839. The summed E-state index contributed by atoms with van der Waals surface area (Å²) in [7, 11) is 1.61. The number of alkyl halides is 1. The predicted molar refractivity (Wildman–Crippen MR) is 63.8 cm³/mol. The zero-order valence-electron chi connectivity index (χ0n) is 8.62. The van der Waals surface area contributed by atoms with Crippen LogP contribution in [-0.2, 0) is 4.74 Å². The fraction of sp³-hybridized carbons (Fsp3) is 0.556. The minimum Gasteiger partial charge on any atom is -0.383 e. The molecule has 4 nitrogen and oxygen atoms in total. The van der Waals surface area contributed by atoms with Gasteiger partial charge in [0.2, 0.25) is 0 Å². The van der Waals surface area contributed by atoms with Gasteiger partial charge in [-0.2, -0.15) is 0 Å². The van der Waals surface area contributed by atoms with Crippen molar-refractivity contribution >= 4 is 33.2 Å². The Morgan fingerprint density at radius 2 is 2.53 bits per heavy atom. The van der Waals surface area contributed by atoms with Gasteiger partial charge in [0.1, 0.15) is 5.69 Å². The van der Waals surface area contributed by atoms with Crippen LogP contribution in [0, 0.1) is 6.92 Å². The Kier molecular flexibility index (Phi) is 5.21. The van der Waals surface area contributed by atoms with Crippen molar-refractivity contribution in [3.05, 3.63) is 16.1 Å². The lowest BCUT2D eigenvalue weighted by molar-refractivity contribution is 0.0903. The van der Waals surface area contributed by atoms with Crippen LogP contribution < -0.4 is 5.32 Å². The number of methoxy groups -OCH3 is 1. The van der Waals surface area contributed by atoms with E-state index in [0.717, 1.165) is 5.01 Å². The molecule has 1 atom stereocenters. The number of aromatic nitrogens is 1. The molecule has 15 heavy (non-hydrogen) atoms. The summed E-state index contributed by atoms with van der Waals surface area (Å²) in [5.74, 6) is -0.152. The smallest absolute Gasteiger partial charge is 0.271 e. The molecular formula is C9H13BrN2O2S. The van der Waals surface area contributed by atoms with E-state index in [4.69, 9.17) is 4.74 Å². The number of nitrogens with one attached hydrogen (secondary N) is 1. The lowest BCUT2D eigenvalue weighted by atomic mass is 10.3. The lowest BCUT2D eigenvalue weighted by Gasteiger charge is -2.13. The molecule has 0 saturated carbocycles. The van der Waals surface area contributed by atoms with E-state index < -0.39 is 0 Å². The summed E-state index contributed by atoms with van der Waals surface area (Å²) in [6, 6.07) is -0.0236. The first-order valence-corrected chi connectivity index (χ1v) is 6.45. The number of hydrogen-bond donors (Lipinski definition) is 1. The lowest BCUT2D eigenvalue weighted by Crippen LogP contribution is -2.39. The SMILES string of the molecule is COCC(CBr)NC(=O)c1csc(C)n1. The molecule has 1 unspecified atom stereocenters. The topological polar surface area (TPSA) is 51.2 Å². The van der Waals surface area contributed by atoms with Crippen LogP contribution in [0.2, 0.25) is 0 Å². The van der Waals surface area contributed by atoms with Crippen molar-refractivity contribution in [2.75, 3.05) is 19.0 Å². The van der Waals surface area contributed by atoms with Gasteiger partial charge in [0.05, 0.1) is 17.7 Å². The second kappa shape index (κ2) is 6.19. The van der Waals surface area contributed by atoms with Gasteiger partial charge in [-0.25, -0.2) is 4.98 Å². The van der Waals surface area contributed by atoms with Crippen molar-refractivity contribution in [1.82, 2.24) is 10.3 Å². The second-order valence-corrected chi connectivity index (χ2v) is 4.74. The van der Waals surface area contributed by atoms with Crippen LogP contribution in [-0.4, -0.2) is 36.0 Å². The van der Waals surface area contributed by atoms with Gasteiger partial charge in [0.15, 0.2) is 0 Å². The van der Waals surface area contributed by atoms with E-state index in [0.29, 0.717) is 17.6 Å². The van der Waals surface area contributed by atoms with E-state index in [9.17, 15) is 4.79 Å². The van der Waals surface area contributed by atoms with Crippen molar-refractivity contribution in [3.63, 3.8) is 0 Å². The van der Waals surface area contributed by atoms with Gasteiger partial charge in [-0.3, -0.25) is 4.79 Å². The van der Waals surface area contributed by atoms with E-state index in [-0.39, 0.29) is 11.9 Å². The molecule has 1 amide bonds. The van der Waals surface area contributed by atoms with Crippen molar-refractivity contribution in [1.29, 1.82) is 0 Å². The van der Waals surface area contributed by atoms with Crippen LogP contribution in [0.15, 0.2) is 5.38 Å². The molecule has 84 valence electrons. The van der Waals surface area contributed by atoms with Gasteiger partial charge >= 0.3 is 0 Å². The van der Waals surface area contributed by atoms with Crippen LogP contribution in [0.1, 0.15) is 15.5 Å². The fourth-order valence-corrected chi connectivity index (χ4v) is 1.99. The van der Waals surface area contributed by atoms with Crippen molar-refractivity contribution < 1.29 is 9.53 Å². The molecule has 0 aliphatic carbocycles. The number of halogens is 1. The molecule has 1 aromatic rings. The van der Waals surface area contributed by atoms with Crippen LogP contribution in [0.25, 0.3) is 0 Å². The fourth-order valence-electron chi connectivity index (χ4n) is 1.05. The number of thiazole rings is 1. The molecule has 1 heterocycles. The maximum Gasteiger partial charge on any atom is 0.271 e. The molecule has 6 heteroatoms. The van der Waals surface area contributed by atoms with Crippen LogP contribution >= 0.6 is 27.3 Å². The summed E-state index contributed by atoms with van der Waals surface area (Å²) >= 11 is 4.78. The number of carbonyl (C=O) groups is 1. The highest BCUT2D eigenvalue weighted by Crippen LogP contribution is 2.08. The van der Waals surface area contributed by atoms with E-state index in [1.165, 1.54) is 11.3 Å². The van der Waals surface area contributed by atoms with Gasteiger partial charge in [-0.05, 0) is 6.92 Å². The summed E-state index contributed by atoms with van der Waals surface area (Å²) in [5.41, 5.74) is 0.472.